The lowest BCUT2D eigenvalue weighted by atomic mass is 9.98. The summed E-state index contributed by atoms with van der Waals surface area (Å²) in [6, 6.07) is 13.2. The van der Waals surface area contributed by atoms with E-state index in [0.29, 0.717) is 0 Å². The van der Waals surface area contributed by atoms with Crippen molar-refractivity contribution in [2.24, 2.45) is 0 Å². The molecule has 1 aromatic carbocycles. The number of pyridine rings is 1. The first kappa shape index (κ1) is 13.3. The number of fused-ring (bicyclic) bond motifs is 1. The zero-order valence-corrected chi connectivity index (χ0v) is 12.6. The molecule has 0 fully saturated rings. The van der Waals surface area contributed by atoms with Crippen LogP contribution in [-0.2, 0) is 0 Å². The molecule has 2 aromatic heterocycles. The first-order chi connectivity index (χ1) is 9.79. The number of nitrogens with one attached hydrogen (secondary N) is 1. The minimum atomic E-state index is 0.226. The number of hydrogen-bond donors (Lipinski definition) is 1. The van der Waals surface area contributed by atoms with E-state index in [1.807, 2.05) is 24.5 Å². The molecule has 3 aromatic rings. The van der Waals surface area contributed by atoms with E-state index < -0.39 is 0 Å². The molecule has 3 rings (SSSR count). The van der Waals surface area contributed by atoms with Crippen LogP contribution < -0.4 is 5.32 Å². The summed E-state index contributed by atoms with van der Waals surface area (Å²) in [6.07, 6.45) is 1.89. The lowest BCUT2D eigenvalue weighted by molar-refractivity contribution is 0.633. The molecule has 0 spiro atoms. The Bertz CT molecular complexity index is 718. The van der Waals surface area contributed by atoms with Crippen LogP contribution in [0.5, 0.6) is 0 Å². The molecule has 0 aliphatic rings. The van der Waals surface area contributed by atoms with Crippen LogP contribution in [-0.4, -0.2) is 11.5 Å². The van der Waals surface area contributed by atoms with Gasteiger partial charge in [-0.2, -0.15) is 0 Å². The first-order valence-electron chi connectivity index (χ1n) is 6.91. The largest absolute Gasteiger partial charge is 0.306 e. The van der Waals surface area contributed by atoms with Crippen molar-refractivity contribution in [1.82, 2.24) is 10.3 Å². The van der Waals surface area contributed by atoms with Gasteiger partial charge in [0, 0.05) is 16.6 Å². The van der Waals surface area contributed by atoms with Gasteiger partial charge in [-0.15, -0.1) is 11.3 Å². The smallest absolute Gasteiger partial charge is 0.0592 e. The third kappa shape index (κ3) is 2.47. The van der Waals surface area contributed by atoms with Crippen molar-refractivity contribution in [3.63, 3.8) is 0 Å². The third-order valence-electron chi connectivity index (χ3n) is 3.48. The maximum atomic E-state index is 4.30. The maximum absolute atomic E-state index is 4.30. The number of aryl methyl sites for hydroxylation is 1. The Morgan fingerprint density at radius 1 is 1.25 bits per heavy atom. The number of benzene rings is 1. The van der Waals surface area contributed by atoms with E-state index in [1.165, 1.54) is 21.2 Å². The van der Waals surface area contributed by atoms with Gasteiger partial charge in [-0.1, -0.05) is 25.1 Å². The summed E-state index contributed by atoms with van der Waals surface area (Å²) in [5.41, 5.74) is 3.69. The lowest BCUT2D eigenvalue weighted by Crippen LogP contribution is -2.22. The quantitative estimate of drug-likeness (QED) is 0.771. The summed E-state index contributed by atoms with van der Waals surface area (Å²) in [4.78, 5) is 4.30. The van der Waals surface area contributed by atoms with Gasteiger partial charge in [0.1, 0.15) is 0 Å². The normalized spacial score (nSPS) is 12.7. The number of rotatable bonds is 4. The Hall–Kier alpha value is -1.71. The Balaban J connectivity index is 2.13. The van der Waals surface area contributed by atoms with Crippen molar-refractivity contribution >= 4 is 21.4 Å². The van der Waals surface area contributed by atoms with Crippen molar-refractivity contribution in [3.8, 4) is 0 Å². The zero-order chi connectivity index (χ0) is 13.9. The molecule has 0 amide bonds. The monoisotopic (exact) mass is 282 g/mol. The highest BCUT2D eigenvalue weighted by molar-refractivity contribution is 7.17. The molecule has 102 valence electrons. The van der Waals surface area contributed by atoms with E-state index in [-0.39, 0.29) is 6.04 Å². The van der Waals surface area contributed by atoms with Crippen LogP contribution in [0.3, 0.4) is 0 Å². The van der Waals surface area contributed by atoms with Gasteiger partial charge in [-0.05, 0) is 53.6 Å². The summed E-state index contributed by atoms with van der Waals surface area (Å²) < 4.78 is 1.37. The highest BCUT2D eigenvalue weighted by atomic mass is 32.1. The van der Waals surface area contributed by atoms with Crippen LogP contribution in [0.15, 0.2) is 48.0 Å². The molecule has 1 atom stereocenters. The molecule has 0 saturated carbocycles. The van der Waals surface area contributed by atoms with Gasteiger partial charge in [0.2, 0.25) is 0 Å². The van der Waals surface area contributed by atoms with Crippen molar-refractivity contribution in [3.05, 3.63) is 64.8 Å². The molecule has 1 N–H and O–H groups in total. The van der Waals surface area contributed by atoms with Gasteiger partial charge < -0.3 is 5.32 Å². The van der Waals surface area contributed by atoms with Gasteiger partial charge in [0.25, 0.3) is 0 Å². The Morgan fingerprint density at radius 3 is 2.95 bits per heavy atom. The number of nitrogens with zero attached hydrogens (tertiary/aromatic N) is 1. The molecular formula is C17H18N2S. The summed E-state index contributed by atoms with van der Waals surface area (Å²) >= 11 is 1.81. The average Bonchev–Trinajstić information content (AvgIpc) is 2.93. The SMILES string of the molecule is CCNC(c1ccnc(C)c1)c1cccc2ccsc12. The second kappa shape index (κ2) is 5.73. The van der Waals surface area contributed by atoms with Gasteiger partial charge in [0.15, 0.2) is 0 Å². The van der Waals surface area contributed by atoms with Crippen molar-refractivity contribution in [2.45, 2.75) is 19.9 Å². The molecule has 0 radical (unpaired) electrons. The summed E-state index contributed by atoms with van der Waals surface area (Å²) in [7, 11) is 0. The van der Waals surface area contributed by atoms with Crippen LogP contribution >= 0.6 is 11.3 Å². The molecule has 0 saturated heterocycles. The van der Waals surface area contributed by atoms with E-state index in [1.54, 1.807) is 0 Å². The van der Waals surface area contributed by atoms with Crippen LogP contribution in [0.2, 0.25) is 0 Å². The second-order valence-electron chi connectivity index (χ2n) is 4.91. The van der Waals surface area contributed by atoms with Crippen molar-refractivity contribution in [2.75, 3.05) is 6.54 Å². The van der Waals surface area contributed by atoms with Crippen LogP contribution in [0.25, 0.3) is 10.1 Å². The molecule has 0 aliphatic heterocycles. The van der Waals surface area contributed by atoms with Crippen LogP contribution in [0.4, 0.5) is 0 Å². The Morgan fingerprint density at radius 2 is 2.15 bits per heavy atom. The first-order valence-corrected chi connectivity index (χ1v) is 7.79. The van der Waals surface area contributed by atoms with Gasteiger partial charge in [-0.3, -0.25) is 4.98 Å². The molecule has 2 heterocycles. The highest BCUT2D eigenvalue weighted by Gasteiger charge is 2.16. The topological polar surface area (TPSA) is 24.9 Å². The molecule has 20 heavy (non-hydrogen) atoms. The molecular weight excluding hydrogens is 264 g/mol. The summed E-state index contributed by atoms with van der Waals surface area (Å²) in [5.74, 6) is 0. The van der Waals surface area contributed by atoms with Gasteiger partial charge in [-0.25, -0.2) is 0 Å². The molecule has 0 bridgehead atoms. The molecule has 2 nitrogen and oxygen atoms in total. The fourth-order valence-corrected chi connectivity index (χ4v) is 3.55. The molecule has 1 unspecified atom stereocenters. The van der Waals surface area contributed by atoms with E-state index in [2.05, 4.69) is 59.0 Å². The van der Waals surface area contributed by atoms with E-state index in [9.17, 15) is 0 Å². The van der Waals surface area contributed by atoms with Gasteiger partial charge >= 0.3 is 0 Å². The predicted octanol–water partition coefficient (Wildman–Crippen LogP) is 4.30. The Kier molecular flexibility index (Phi) is 3.81. The van der Waals surface area contributed by atoms with Gasteiger partial charge in [0.05, 0.1) is 6.04 Å². The van der Waals surface area contributed by atoms with E-state index in [4.69, 9.17) is 0 Å². The number of thiophene rings is 1. The molecule has 0 aliphatic carbocycles. The van der Waals surface area contributed by atoms with E-state index >= 15 is 0 Å². The maximum Gasteiger partial charge on any atom is 0.0592 e. The minimum absolute atomic E-state index is 0.226. The zero-order valence-electron chi connectivity index (χ0n) is 11.8. The fourth-order valence-electron chi connectivity index (χ4n) is 2.60. The molecule has 3 heteroatoms. The predicted molar refractivity (Wildman–Crippen MR) is 86.3 cm³/mol. The van der Waals surface area contributed by atoms with Crippen LogP contribution in [0.1, 0.15) is 29.8 Å². The number of aromatic nitrogens is 1. The third-order valence-corrected chi connectivity index (χ3v) is 4.46. The van der Waals surface area contributed by atoms with E-state index in [0.717, 1.165) is 12.2 Å². The van der Waals surface area contributed by atoms with Crippen LogP contribution in [0, 0.1) is 6.92 Å². The summed E-state index contributed by atoms with van der Waals surface area (Å²) in [5, 5.41) is 7.09. The fraction of sp³-hybridized carbons (Fsp3) is 0.235. The minimum Gasteiger partial charge on any atom is -0.306 e. The van der Waals surface area contributed by atoms with Crippen molar-refractivity contribution < 1.29 is 0 Å². The Labute approximate surface area is 123 Å². The second-order valence-corrected chi connectivity index (χ2v) is 5.82. The lowest BCUT2D eigenvalue weighted by Gasteiger charge is -2.20. The summed E-state index contributed by atoms with van der Waals surface area (Å²) in [6.45, 7) is 5.13. The standard InChI is InChI=1S/C17H18N2S/c1-3-18-16(14-7-9-19-12(2)11-14)15-6-4-5-13-8-10-20-17(13)15/h4-11,16,18H,3H2,1-2H3. The van der Waals surface area contributed by atoms with Crippen molar-refractivity contribution in [1.29, 1.82) is 0 Å². The average molecular weight is 282 g/mol. The number of hydrogen-bond acceptors (Lipinski definition) is 3. The highest BCUT2D eigenvalue weighted by Crippen LogP contribution is 2.32.